The molecule has 0 aliphatic carbocycles. The van der Waals surface area contributed by atoms with Gasteiger partial charge in [0.05, 0.1) is 5.57 Å². The highest BCUT2D eigenvalue weighted by molar-refractivity contribution is 5.83. The fourth-order valence-electron chi connectivity index (χ4n) is 0.400. The van der Waals surface area contributed by atoms with Gasteiger partial charge in [-0.1, -0.05) is 0 Å². The van der Waals surface area contributed by atoms with Gasteiger partial charge in [0.25, 0.3) is 0 Å². The molecule has 0 N–H and O–H groups in total. The highest BCUT2D eigenvalue weighted by Gasteiger charge is 1.85. The molecule has 0 aromatic heterocycles. The first-order chi connectivity index (χ1) is 4.85. The first-order valence-electron chi connectivity index (χ1n) is 3.01. The molecular weight excluding hydrogens is 131 g/mol. The summed E-state index contributed by atoms with van der Waals surface area (Å²) >= 11 is 0. The van der Waals surface area contributed by atoms with Crippen molar-refractivity contribution in [3.63, 3.8) is 0 Å². The average Bonchev–Trinajstić information content (AvgIpc) is 1.98. The second-order valence-corrected chi connectivity index (χ2v) is 1.55. The molecule has 0 saturated carbocycles. The monoisotopic (exact) mass is 140 g/mol. The van der Waals surface area contributed by atoms with E-state index in [9.17, 15) is 4.39 Å². The molecule has 0 heterocycles. The summed E-state index contributed by atoms with van der Waals surface area (Å²) in [7, 11) is 0. The van der Waals surface area contributed by atoms with Gasteiger partial charge in [-0.15, -0.1) is 0 Å². The smallest absolute Gasteiger partial charge is 0.109 e. The minimum absolute atomic E-state index is 0.282. The number of halogens is 1. The molecule has 2 nitrogen and oxygen atoms in total. The quantitative estimate of drug-likeness (QED) is 0.432. The van der Waals surface area contributed by atoms with Crippen molar-refractivity contribution >= 4 is 6.21 Å². The van der Waals surface area contributed by atoms with E-state index < -0.39 is 6.67 Å². The molecule has 0 aromatic rings. The van der Waals surface area contributed by atoms with Gasteiger partial charge in [0.15, 0.2) is 0 Å². The van der Waals surface area contributed by atoms with E-state index in [1.807, 2.05) is 13.0 Å². The van der Waals surface area contributed by atoms with Crippen molar-refractivity contribution in [2.24, 2.45) is 4.99 Å². The molecule has 0 aromatic carbocycles. The molecule has 0 unspecified atom stereocenters. The molecule has 0 amide bonds. The van der Waals surface area contributed by atoms with Crippen molar-refractivity contribution in [2.75, 3.05) is 13.2 Å². The molecule has 0 rings (SSSR count). The van der Waals surface area contributed by atoms with Crippen LogP contribution in [0.2, 0.25) is 0 Å². The SMILES string of the molecule is CC/N=C\C(C#N)=C/CF. The Morgan fingerprint density at radius 3 is 2.90 bits per heavy atom. The molecule has 0 fully saturated rings. The van der Waals surface area contributed by atoms with E-state index in [-0.39, 0.29) is 5.57 Å². The molecular formula is C7H9FN2. The maximum Gasteiger partial charge on any atom is 0.109 e. The van der Waals surface area contributed by atoms with Crippen LogP contribution in [0.25, 0.3) is 0 Å². The molecule has 3 heteroatoms. The van der Waals surface area contributed by atoms with Crippen LogP contribution in [0.1, 0.15) is 6.92 Å². The van der Waals surface area contributed by atoms with Crippen molar-refractivity contribution in [1.29, 1.82) is 5.26 Å². The Labute approximate surface area is 59.7 Å². The van der Waals surface area contributed by atoms with E-state index >= 15 is 0 Å². The number of alkyl halides is 1. The van der Waals surface area contributed by atoms with Crippen LogP contribution in [0, 0.1) is 11.3 Å². The predicted octanol–water partition coefficient (Wildman–Crippen LogP) is 1.50. The Balaban J connectivity index is 3.99. The molecule has 0 bridgehead atoms. The minimum Gasteiger partial charge on any atom is -0.292 e. The fourth-order valence-corrected chi connectivity index (χ4v) is 0.400. The number of nitriles is 1. The van der Waals surface area contributed by atoms with Crippen molar-refractivity contribution in [3.05, 3.63) is 11.6 Å². The van der Waals surface area contributed by atoms with Crippen LogP contribution in [-0.2, 0) is 0 Å². The lowest BCUT2D eigenvalue weighted by Gasteiger charge is -1.83. The van der Waals surface area contributed by atoms with Crippen molar-refractivity contribution in [2.45, 2.75) is 6.92 Å². The van der Waals surface area contributed by atoms with E-state index in [0.29, 0.717) is 6.54 Å². The summed E-state index contributed by atoms with van der Waals surface area (Å²) in [4.78, 5) is 3.78. The maximum absolute atomic E-state index is 11.6. The fraction of sp³-hybridized carbons (Fsp3) is 0.429. The molecule has 0 aliphatic rings. The van der Waals surface area contributed by atoms with Gasteiger partial charge in [0.1, 0.15) is 12.7 Å². The van der Waals surface area contributed by atoms with E-state index in [2.05, 4.69) is 4.99 Å². The molecule has 0 atom stereocenters. The summed E-state index contributed by atoms with van der Waals surface area (Å²) in [5, 5.41) is 8.31. The summed E-state index contributed by atoms with van der Waals surface area (Å²) in [6.45, 7) is 1.85. The largest absolute Gasteiger partial charge is 0.292 e. The van der Waals surface area contributed by atoms with Gasteiger partial charge in [-0.25, -0.2) is 4.39 Å². The Hall–Kier alpha value is -1.17. The van der Waals surface area contributed by atoms with Crippen LogP contribution in [0.4, 0.5) is 4.39 Å². The standard InChI is InChI=1S/C7H9FN2/c1-2-10-6-7(5-9)3-4-8/h3,6H,2,4H2,1H3/b7-3-,10-6-. The molecule has 0 spiro atoms. The van der Waals surface area contributed by atoms with Crippen molar-refractivity contribution in [3.8, 4) is 6.07 Å². The van der Waals surface area contributed by atoms with Crippen LogP contribution in [0.15, 0.2) is 16.6 Å². The van der Waals surface area contributed by atoms with E-state index in [1.54, 1.807) is 0 Å². The van der Waals surface area contributed by atoms with Gasteiger partial charge in [0, 0.05) is 12.8 Å². The summed E-state index contributed by atoms with van der Waals surface area (Å²) < 4.78 is 11.6. The highest BCUT2D eigenvalue weighted by Crippen LogP contribution is 1.87. The number of rotatable bonds is 3. The molecule has 54 valence electrons. The lowest BCUT2D eigenvalue weighted by molar-refractivity contribution is 0.561. The van der Waals surface area contributed by atoms with Gasteiger partial charge >= 0.3 is 0 Å². The molecule has 0 radical (unpaired) electrons. The highest BCUT2D eigenvalue weighted by atomic mass is 19.1. The summed E-state index contributed by atoms with van der Waals surface area (Å²) in [5.74, 6) is 0. The predicted molar refractivity (Wildman–Crippen MR) is 38.7 cm³/mol. The Morgan fingerprint density at radius 1 is 1.80 bits per heavy atom. The zero-order chi connectivity index (χ0) is 7.82. The molecule has 0 aliphatic heterocycles. The summed E-state index contributed by atoms with van der Waals surface area (Å²) in [6.07, 6.45) is 2.57. The second kappa shape index (κ2) is 5.96. The zero-order valence-electron chi connectivity index (χ0n) is 5.84. The van der Waals surface area contributed by atoms with E-state index in [4.69, 9.17) is 5.26 Å². The topological polar surface area (TPSA) is 36.1 Å². The van der Waals surface area contributed by atoms with Crippen molar-refractivity contribution < 1.29 is 4.39 Å². The number of hydrogen-bond donors (Lipinski definition) is 0. The lowest BCUT2D eigenvalue weighted by atomic mass is 10.3. The lowest BCUT2D eigenvalue weighted by Crippen LogP contribution is -1.82. The van der Waals surface area contributed by atoms with E-state index in [1.165, 1.54) is 12.3 Å². The second-order valence-electron chi connectivity index (χ2n) is 1.55. The Kier molecular flexibility index (Phi) is 5.26. The molecule has 10 heavy (non-hydrogen) atoms. The van der Waals surface area contributed by atoms with Gasteiger partial charge in [0.2, 0.25) is 0 Å². The third kappa shape index (κ3) is 3.79. The third-order valence-corrected chi connectivity index (χ3v) is 0.839. The first kappa shape index (κ1) is 8.83. The minimum atomic E-state index is -0.612. The molecule has 0 saturated heterocycles. The maximum atomic E-state index is 11.6. The van der Waals surface area contributed by atoms with Gasteiger partial charge in [-0.05, 0) is 13.0 Å². The van der Waals surface area contributed by atoms with Gasteiger partial charge in [-0.3, -0.25) is 4.99 Å². The first-order valence-corrected chi connectivity index (χ1v) is 3.01. The average molecular weight is 140 g/mol. The van der Waals surface area contributed by atoms with Gasteiger partial charge < -0.3 is 0 Å². The number of nitrogens with zero attached hydrogens (tertiary/aromatic N) is 2. The van der Waals surface area contributed by atoms with Gasteiger partial charge in [-0.2, -0.15) is 5.26 Å². The van der Waals surface area contributed by atoms with Crippen LogP contribution >= 0.6 is 0 Å². The zero-order valence-corrected chi connectivity index (χ0v) is 5.84. The Morgan fingerprint density at radius 2 is 2.50 bits per heavy atom. The van der Waals surface area contributed by atoms with E-state index in [0.717, 1.165) is 0 Å². The van der Waals surface area contributed by atoms with Crippen LogP contribution in [-0.4, -0.2) is 19.4 Å². The number of hydrogen-bond acceptors (Lipinski definition) is 2. The Bertz CT molecular complexity index is 177. The third-order valence-electron chi connectivity index (χ3n) is 0.839. The normalized spacial score (nSPS) is 11.9. The summed E-state index contributed by atoms with van der Waals surface area (Å²) in [6, 6.07) is 1.81. The number of allylic oxidation sites excluding steroid dienone is 2. The van der Waals surface area contributed by atoms with Crippen LogP contribution in [0.5, 0.6) is 0 Å². The van der Waals surface area contributed by atoms with Crippen LogP contribution < -0.4 is 0 Å². The summed E-state index contributed by atoms with van der Waals surface area (Å²) in [5.41, 5.74) is 0.282. The van der Waals surface area contributed by atoms with Crippen molar-refractivity contribution in [1.82, 2.24) is 0 Å². The van der Waals surface area contributed by atoms with Crippen LogP contribution in [0.3, 0.4) is 0 Å². The number of aliphatic imine (C=N–C) groups is 1.